The average Bonchev–Trinajstić information content (AvgIpc) is 2.63. The van der Waals surface area contributed by atoms with Gasteiger partial charge in [0.2, 0.25) is 0 Å². The van der Waals surface area contributed by atoms with Crippen LogP contribution in [0.1, 0.15) is 42.9 Å². The molecule has 0 bridgehead atoms. The molecule has 1 aliphatic carbocycles. The molecule has 1 N–H and O–H groups in total. The smallest absolute Gasteiger partial charge is 0.0385 e. The quantitative estimate of drug-likeness (QED) is 0.833. The minimum atomic E-state index is 0.486. The molecule has 0 saturated heterocycles. The molecule has 3 atom stereocenters. The van der Waals surface area contributed by atoms with Crippen LogP contribution in [0.15, 0.2) is 60.7 Å². The molecule has 128 valence electrons. The van der Waals surface area contributed by atoms with Crippen molar-refractivity contribution in [1.82, 2.24) is 10.2 Å². The second-order valence-corrected chi connectivity index (χ2v) is 7.24. The van der Waals surface area contributed by atoms with Gasteiger partial charge in [0.1, 0.15) is 0 Å². The van der Waals surface area contributed by atoms with E-state index >= 15 is 0 Å². The first-order valence-electron chi connectivity index (χ1n) is 9.24. The Bertz CT molecular complexity index is 594. The Morgan fingerprint density at radius 1 is 0.917 bits per heavy atom. The Morgan fingerprint density at radius 3 is 2.21 bits per heavy atom. The number of hydrogen-bond donors (Lipinski definition) is 1. The van der Waals surface area contributed by atoms with Crippen LogP contribution in [-0.4, -0.2) is 25.0 Å². The van der Waals surface area contributed by atoms with E-state index < -0.39 is 0 Å². The van der Waals surface area contributed by atoms with Gasteiger partial charge in [0.25, 0.3) is 0 Å². The van der Waals surface area contributed by atoms with Crippen LogP contribution in [0.2, 0.25) is 0 Å². The number of hydrogen-bond acceptors (Lipinski definition) is 2. The van der Waals surface area contributed by atoms with Crippen molar-refractivity contribution >= 4 is 0 Å². The summed E-state index contributed by atoms with van der Waals surface area (Å²) in [6.07, 6.45) is 5.29. The summed E-state index contributed by atoms with van der Waals surface area (Å²) >= 11 is 0. The van der Waals surface area contributed by atoms with Crippen molar-refractivity contribution in [2.75, 3.05) is 14.1 Å². The minimum absolute atomic E-state index is 0.486. The zero-order valence-corrected chi connectivity index (χ0v) is 15.0. The highest BCUT2D eigenvalue weighted by Crippen LogP contribution is 2.37. The number of nitrogens with one attached hydrogen (secondary N) is 1. The Kier molecular flexibility index (Phi) is 6.06. The number of nitrogens with zero attached hydrogens (tertiary/aromatic N) is 1. The lowest BCUT2D eigenvalue weighted by Crippen LogP contribution is -2.44. The SMILES string of the molecule is CN(C)[C@H](c1ccccc1)[C@H]1CCCC[C@H]1NCc1ccccc1. The molecule has 0 aliphatic heterocycles. The van der Waals surface area contributed by atoms with Gasteiger partial charge in [-0.15, -0.1) is 0 Å². The molecule has 0 aromatic heterocycles. The third-order valence-corrected chi connectivity index (χ3v) is 5.33. The summed E-state index contributed by atoms with van der Waals surface area (Å²) in [5.74, 6) is 0.667. The van der Waals surface area contributed by atoms with Crippen LogP contribution in [0, 0.1) is 5.92 Å². The normalized spacial score (nSPS) is 22.5. The molecule has 24 heavy (non-hydrogen) atoms. The first-order valence-corrected chi connectivity index (χ1v) is 9.24. The van der Waals surface area contributed by atoms with Crippen molar-refractivity contribution in [2.24, 2.45) is 5.92 Å². The van der Waals surface area contributed by atoms with Crippen LogP contribution in [-0.2, 0) is 6.54 Å². The fraction of sp³-hybridized carbons (Fsp3) is 0.455. The van der Waals surface area contributed by atoms with Crippen molar-refractivity contribution in [2.45, 2.75) is 44.3 Å². The summed E-state index contributed by atoms with van der Waals surface area (Å²) in [7, 11) is 4.45. The molecule has 0 amide bonds. The van der Waals surface area contributed by atoms with Crippen molar-refractivity contribution in [3.8, 4) is 0 Å². The molecular weight excluding hydrogens is 292 g/mol. The van der Waals surface area contributed by atoms with E-state index in [2.05, 4.69) is 85.0 Å². The van der Waals surface area contributed by atoms with E-state index in [1.165, 1.54) is 36.8 Å². The molecule has 0 spiro atoms. The molecule has 3 rings (SSSR count). The predicted molar refractivity (Wildman–Crippen MR) is 102 cm³/mol. The van der Waals surface area contributed by atoms with E-state index in [-0.39, 0.29) is 0 Å². The maximum Gasteiger partial charge on any atom is 0.0385 e. The Morgan fingerprint density at radius 2 is 1.54 bits per heavy atom. The van der Waals surface area contributed by atoms with Gasteiger partial charge in [0, 0.05) is 18.6 Å². The Labute approximate surface area is 146 Å². The fourth-order valence-electron chi connectivity index (χ4n) is 4.21. The van der Waals surface area contributed by atoms with Gasteiger partial charge in [0.05, 0.1) is 0 Å². The molecule has 1 aliphatic rings. The van der Waals surface area contributed by atoms with Crippen LogP contribution in [0.25, 0.3) is 0 Å². The molecular formula is C22H30N2. The van der Waals surface area contributed by atoms with Crippen molar-refractivity contribution in [1.29, 1.82) is 0 Å². The maximum atomic E-state index is 3.87. The lowest BCUT2D eigenvalue weighted by molar-refractivity contribution is 0.133. The standard InChI is InChI=1S/C22H30N2/c1-24(2)22(19-13-7-4-8-14-19)20-15-9-10-16-21(20)23-17-18-11-5-3-6-12-18/h3-8,11-14,20-23H,9-10,15-17H2,1-2H3/t20-,21+,22+/m0/s1. The molecule has 2 aromatic rings. The van der Waals surface area contributed by atoms with E-state index in [4.69, 9.17) is 0 Å². The van der Waals surface area contributed by atoms with Gasteiger partial charge < -0.3 is 10.2 Å². The summed E-state index contributed by atoms with van der Waals surface area (Å²) in [4.78, 5) is 2.41. The molecule has 1 saturated carbocycles. The van der Waals surface area contributed by atoms with Crippen LogP contribution >= 0.6 is 0 Å². The zero-order chi connectivity index (χ0) is 16.8. The number of benzene rings is 2. The molecule has 2 heteroatoms. The summed E-state index contributed by atoms with van der Waals surface area (Å²) in [6, 6.07) is 22.9. The highest BCUT2D eigenvalue weighted by Gasteiger charge is 2.33. The van der Waals surface area contributed by atoms with E-state index in [1.807, 2.05) is 0 Å². The zero-order valence-electron chi connectivity index (χ0n) is 15.0. The van der Waals surface area contributed by atoms with Crippen molar-refractivity contribution in [3.05, 3.63) is 71.8 Å². The Balaban J connectivity index is 1.74. The van der Waals surface area contributed by atoms with Gasteiger partial charge in [-0.1, -0.05) is 73.5 Å². The lowest BCUT2D eigenvalue weighted by atomic mass is 9.77. The third-order valence-electron chi connectivity index (χ3n) is 5.33. The monoisotopic (exact) mass is 322 g/mol. The van der Waals surface area contributed by atoms with Gasteiger partial charge in [-0.25, -0.2) is 0 Å². The highest BCUT2D eigenvalue weighted by molar-refractivity contribution is 5.21. The molecule has 2 nitrogen and oxygen atoms in total. The number of rotatable bonds is 6. The van der Waals surface area contributed by atoms with E-state index in [0.717, 1.165) is 6.54 Å². The maximum absolute atomic E-state index is 3.87. The fourth-order valence-corrected chi connectivity index (χ4v) is 4.21. The predicted octanol–water partition coefficient (Wildman–Crippen LogP) is 4.64. The third kappa shape index (κ3) is 4.25. The summed E-state index contributed by atoms with van der Waals surface area (Å²) in [6.45, 7) is 0.969. The molecule has 1 fully saturated rings. The van der Waals surface area contributed by atoms with E-state index in [1.54, 1.807) is 0 Å². The van der Waals surface area contributed by atoms with Gasteiger partial charge in [0.15, 0.2) is 0 Å². The second kappa shape index (κ2) is 8.46. The largest absolute Gasteiger partial charge is 0.310 e. The lowest BCUT2D eigenvalue weighted by Gasteiger charge is -2.41. The van der Waals surface area contributed by atoms with Gasteiger partial charge >= 0.3 is 0 Å². The topological polar surface area (TPSA) is 15.3 Å². The first kappa shape index (κ1) is 17.2. The van der Waals surface area contributed by atoms with Crippen LogP contribution in [0.4, 0.5) is 0 Å². The van der Waals surface area contributed by atoms with Gasteiger partial charge in [-0.3, -0.25) is 0 Å². The van der Waals surface area contributed by atoms with Crippen molar-refractivity contribution in [3.63, 3.8) is 0 Å². The Hall–Kier alpha value is -1.64. The molecule has 0 unspecified atom stereocenters. The van der Waals surface area contributed by atoms with E-state index in [0.29, 0.717) is 18.0 Å². The van der Waals surface area contributed by atoms with Crippen LogP contribution < -0.4 is 5.32 Å². The van der Waals surface area contributed by atoms with Crippen molar-refractivity contribution < 1.29 is 0 Å². The molecule has 0 radical (unpaired) electrons. The summed E-state index contributed by atoms with van der Waals surface area (Å²) < 4.78 is 0. The highest BCUT2D eigenvalue weighted by atomic mass is 15.1. The summed E-state index contributed by atoms with van der Waals surface area (Å²) in [5.41, 5.74) is 2.82. The summed E-state index contributed by atoms with van der Waals surface area (Å²) in [5, 5.41) is 3.87. The molecule has 0 heterocycles. The molecule has 2 aromatic carbocycles. The van der Waals surface area contributed by atoms with Gasteiger partial charge in [-0.05, 0) is 44.0 Å². The second-order valence-electron chi connectivity index (χ2n) is 7.24. The average molecular weight is 322 g/mol. The first-order chi connectivity index (χ1) is 11.8. The van der Waals surface area contributed by atoms with Crippen LogP contribution in [0.5, 0.6) is 0 Å². The minimum Gasteiger partial charge on any atom is -0.310 e. The van der Waals surface area contributed by atoms with Gasteiger partial charge in [-0.2, -0.15) is 0 Å². The van der Waals surface area contributed by atoms with E-state index in [9.17, 15) is 0 Å². The van der Waals surface area contributed by atoms with Crippen LogP contribution in [0.3, 0.4) is 0 Å².